The molecule has 0 fully saturated rings. The van der Waals surface area contributed by atoms with Crippen molar-refractivity contribution in [3.63, 3.8) is 0 Å². The van der Waals surface area contributed by atoms with Crippen LogP contribution in [0, 0.1) is 6.92 Å². The van der Waals surface area contributed by atoms with Gasteiger partial charge in [-0.1, -0.05) is 24.3 Å². The first-order valence-electron chi connectivity index (χ1n) is 4.15. The molecular weight excluding hydrogens is 180 g/mol. The van der Waals surface area contributed by atoms with Crippen molar-refractivity contribution in [2.75, 3.05) is 7.11 Å². The van der Waals surface area contributed by atoms with Crippen molar-refractivity contribution in [1.82, 2.24) is 0 Å². The zero-order valence-electron chi connectivity index (χ0n) is 7.95. The second-order valence-corrected chi connectivity index (χ2v) is 2.87. The van der Waals surface area contributed by atoms with E-state index in [0.29, 0.717) is 5.56 Å². The quantitative estimate of drug-likeness (QED) is 0.414. The lowest BCUT2D eigenvalue weighted by Crippen LogP contribution is -2.09. The van der Waals surface area contributed by atoms with Crippen LogP contribution < -0.4 is 0 Å². The van der Waals surface area contributed by atoms with Gasteiger partial charge < -0.3 is 4.74 Å². The molecule has 14 heavy (non-hydrogen) atoms. The van der Waals surface area contributed by atoms with E-state index in [-0.39, 0.29) is 12.2 Å². The van der Waals surface area contributed by atoms with Gasteiger partial charge in [-0.3, -0.25) is 9.59 Å². The summed E-state index contributed by atoms with van der Waals surface area (Å²) in [7, 11) is 1.26. The van der Waals surface area contributed by atoms with Crippen LogP contribution in [0.1, 0.15) is 22.3 Å². The lowest BCUT2D eigenvalue weighted by atomic mass is 10.1. The fraction of sp³-hybridized carbons (Fsp3) is 0.182. The van der Waals surface area contributed by atoms with Crippen molar-refractivity contribution in [3.05, 3.63) is 42.3 Å². The van der Waals surface area contributed by atoms with Gasteiger partial charge in [-0.2, -0.15) is 0 Å². The Kier molecular flexibility index (Phi) is 3.40. The third-order valence-corrected chi connectivity index (χ3v) is 1.81. The standard InChI is InChI=1S/C11H11O3/c1-8-3-5-9(6-4-8)10(12)7-11(13)14-2/h3-6H,1,7H2,2H3. The van der Waals surface area contributed by atoms with E-state index in [2.05, 4.69) is 11.7 Å². The van der Waals surface area contributed by atoms with Crippen LogP contribution in [0.2, 0.25) is 0 Å². The van der Waals surface area contributed by atoms with E-state index >= 15 is 0 Å². The Bertz CT molecular complexity index is 338. The van der Waals surface area contributed by atoms with Crippen LogP contribution in [0.3, 0.4) is 0 Å². The summed E-state index contributed by atoms with van der Waals surface area (Å²) in [5.41, 5.74) is 1.34. The maximum atomic E-state index is 11.4. The molecule has 0 bridgehead atoms. The number of ether oxygens (including phenoxy) is 1. The molecule has 0 aliphatic rings. The monoisotopic (exact) mass is 191 g/mol. The molecular formula is C11H11O3. The molecule has 0 aliphatic carbocycles. The first-order valence-corrected chi connectivity index (χ1v) is 4.15. The van der Waals surface area contributed by atoms with Crippen molar-refractivity contribution < 1.29 is 14.3 Å². The predicted octanol–water partition coefficient (Wildman–Crippen LogP) is 1.61. The van der Waals surface area contributed by atoms with Crippen molar-refractivity contribution in [2.24, 2.45) is 0 Å². The number of carbonyl (C=O) groups excluding carboxylic acids is 2. The second-order valence-electron chi connectivity index (χ2n) is 2.87. The molecule has 0 aromatic heterocycles. The molecule has 1 aromatic rings. The minimum absolute atomic E-state index is 0.215. The molecule has 1 aromatic carbocycles. The average molecular weight is 191 g/mol. The van der Waals surface area contributed by atoms with E-state index in [9.17, 15) is 9.59 Å². The zero-order chi connectivity index (χ0) is 10.6. The first kappa shape index (κ1) is 10.4. The molecule has 0 amide bonds. The number of ketones is 1. The molecule has 0 spiro atoms. The Hall–Kier alpha value is -1.64. The smallest absolute Gasteiger partial charge is 0.313 e. The van der Waals surface area contributed by atoms with Crippen molar-refractivity contribution in [1.29, 1.82) is 0 Å². The number of hydrogen-bond donors (Lipinski definition) is 0. The van der Waals surface area contributed by atoms with Crippen LogP contribution in [-0.2, 0) is 9.53 Å². The molecule has 0 atom stereocenters. The summed E-state index contributed by atoms with van der Waals surface area (Å²) in [6.07, 6.45) is -0.215. The highest BCUT2D eigenvalue weighted by molar-refractivity contribution is 6.05. The van der Waals surface area contributed by atoms with E-state index in [1.807, 2.05) is 0 Å². The number of carbonyl (C=O) groups is 2. The molecule has 0 unspecified atom stereocenters. The summed E-state index contributed by atoms with van der Waals surface area (Å²) >= 11 is 0. The van der Waals surface area contributed by atoms with Crippen LogP contribution >= 0.6 is 0 Å². The highest BCUT2D eigenvalue weighted by Gasteiger charge is 2.11. The van der Waals surface area contributed by atoms with Gasteiger partial charge in [0.2, 0.25) is 0 Å². The summed E-state index contributed by atoms with van der Waals surface area (Å²) in [5.74, 6) is -0.759. The maximum Gasteiger partial charge on any atom is 0.313 e. The highest BCUT2D eigenvalue weighted by Crippen LogP contribution is 2.06. The maximum absolute atomic E-state index is 11.4. The summed E-state index contributed by atoms with van der Waals surface area (Å²) in [5, 5.41) is 0. The Morgan fingerprint density at radius 2 is 1.86 bits per heavy atom. The van der Waals surface area contributed by atoms with Gasteiger partial charge in [0.25, 0.3) is 0 Å². The van der Waals surface area contributed by atoms with Crippen LogP contribution in [0.4, 0.5) is 0 Å². The predicted molar refractivity (Wildman–Crippen MR) is 51.9 cm³/mol. The number of rotatable bonds is 3. The summed E-state index contributed by atoms with van der Waals surface area (Å²) in [6, 6.07) is 6.75. The molecule has 0 heterocycles. The molecule has 73 valence electrons. The number of Topliss-reactive ketones (excluding diaryl/α,β-unsaturated/α-hetero) is 1. The summed E-state index contributed by atoms with van der Waals surface area (Å²) in [4.78, 5) is 22.2. The molecule has 1 rings (SSSR count). The normalized spacial score (nSPS) is 9.57. The van der Waals surface area contributed by atoms with Gasteiger partial charge in [0.05, 0.1) is 7.11 Å². The highest BCUT2D eigenvalue weighted by atomic mass is 16.5. The summed E-state index contributed by atoms with van der Waals surface area (Å²) < 4.78 is 4.39. The topological polar surface area (TPSA) is 43.4 Å². The van der Waals surface area contributed by atoms with E-state index in [1.54, 1.807) is 24.3 Å². The van der Waals surface area contributed by atoms with Gasteiger partial charge >= 0.3 is 5.97 Å². The largest absolute Gasteiger partial charge is 0.469 e. The third kappa shape index (κ3) is 2.69. The lowest BCUT2D eigenvalue weighted by Gasteiger charge is -2.00. The van der Waals surface area contributed by atoms with E-state index in [4.69, 9.17) is 0 Å². The third-order valence-electron chi connectivity index (χ3n) is 1.81. The van der Waals surface area contributed by atoms with Crippen LogP contribution in [-0.4, -0.2) is 18.9 Å². The van der Waals surface area contributed by atoms with Gasteiger partial charge in [-0.15, -0.1) is 0 Å². The van der Waals surface area contributed by atoms with Gasteiger partial charge in [0.1, 0.15) is 6.42 Å². The molecule has 3 nitrogen and oxygen atoms in total. The molecule has 0 saturated heterocycles. The average Bonchev–Trinajstić information content (AvgIpc) is 2.18. The lowest BCUT2D eigenvalue weighted by molar-refractivity contribution is -0.139. The van der Waals surface area contributed by atoms with Gasteiger partial charge in [0, 0.05) is 5.56 Å². The minimum atomic E-state index is -0.520. The first-order chi connectivity index (χ1) is 6.63. The fourth-order valence-electron chi connectivity index (χ4n) is 0.996. The van der Waals surface area contributed by atoms with Gasteiger partial charge in [-0.25, -0.2) is 0 Å². The van der Waals surface area contributed by atoms with Crippen molar-refractivity contribution in [3.8, 4) is 0 Å². The fourth-order valence-corrected chi connectivity index (χ4v) is 0.996. The molecule has 0 saturated carbocycles. The molecule has 0 N–H and O–H groups in total. The Labute approximate surface area is 82.7 Å². The zero-order valence-corrected chi connectivity index (χ0v) is 7.95. The Morgan fingerprint density at radius 3 is 2.36 bits per heavy atom. The van der Waals surface area contributed by atoms with Crippen molar-refractivity contribution in [2.45, 2.75) is 6.42 Å². The Morgan fingerprint density at radius 1 is 1.29 bits per heavy atom. The van der Waals surface area contributed by atoms with Crippen LogP contribution in [0.25, 0.3) is 0 Å². The van der Waals surface area contributed by atoms with E-state index in [0.717, 1.165) is 5.56 Å². The Balaban J connectivity index is 2.70. The summed E-state index contributed by atoms with van der Waals surface area (Å²) in [6.45, 7) is 3.70. The molecule has 1 radical (unpaired) electrons. The van der Waals surface area contributed by atoms with E-state index in [1.165, 1.54) is 7.11 Å². The van der Waals surface area contributed by atoms with Gasteiger partial charge in [-0.05, 0) is 12.5 Å². The number of benzene rings is 1. The van der Waals surface area contributed by atoms with Crippen LogP contribution in [0.15, 0.2) is 24.3 Å². The minimum Gasteiger partial charge on any atom is -0.469 e. The SMILES string of the molecule is [CH2]c1ccc(C(=O)CC(=O)OC)cc1. The van der Waals surface area contributed by atoms with Crippen molar-refractivity contribution >= 4 is 11.8 Å². The number of hydrogen-bond acceptors (Lipinski definition) is 3. The number of methoxy groups -OCH3 is 1. The molecule has 3 heteroatoms. The number of esters is 1. The van der Waals surface area contributed by atoms with Gasteiger partial charge in [0.15, 0.2) is 5.78 Å². The van der Waals surface area contributed by atoms with Crippen LogP contribution in [0.5, 0.6) is 0 Å². The van der Waals surface area contributed by atoms with E-state index < -0.39 is 5.97 Å². The second kappa shape index (κ2) is 4.56. The molecule has 0 aliphatic heterocycles.